The lowest BCUT2D eigenvalue weighted by molar-refractivity contribution is -0.0246. The Hall–Kier alpha value is -1.56. The second kappa shape index (κ2) is 5.09. The summed E-state index contributed by atoms with van der Waals surface area (Å²) in [5.41, 5.74) is 4.19. The van der Waals surface area contributed by atoms with E-state index in [-0.39, 0.29) is 6.42 Å². The van der Waals surface area contributed by atoms with Gasteiger partial charge in [0.25, 0.3) is 10.1 Å². The van der Waals surface area contributed by atoms with Crippen molar-refractivity contribution in [2.75, 3.05) is 12.3 Å². The van der Waals surface area contributed by atoms with Crippen LogP contribution in [-0.2, 0) is 14.9 Å². The van der Waals surface area contributed by atoms with Crippen molar-refractivity contribution in [1.82, 2.24) is 9.55 Å². The smallest absolute Gasteiger partial charge is 0.351 e. The van der Waals surface area contributed by atoms with Gasteiger partial charge in [-0.05, 0) is 0 Å². The number of nitrogens with two attached hydrogens (primary N) is 1. The number of rotatable bonds is 3. The molecule has 0 spiro atoms. The predicted molar refractivity (Wildman–Crippen MR) is 63.8 cm³/mol. The summed E-state index contributed by atoms with van der Waals surface area (Å²) in [4.78, 5) is 14.8. The fourth-order valence-corrected chi connectivity index (χ4v) is 2.95. The minimum Gasteiger partial charge on any atom is -0.394 e. The third-order valence-corrected chi connectivity index (χ3v) is 4.25. The van der Waals surface area contributed by atoms with Crippen LogP contribution in [0.1, 0.15) is 12.6 Å². The topological polar surface area (TPSA) is 145 Å². The zero-order chi connectivity index (χ0) is 15.1. The Morgan fingerprint density at radius 3 is 2.75 bits per heavy atom. The monoisotopic (exact) mass is 309 g/mol. The van der Waals surface area contributed by atoms with Gasteiger partial charge in [-0.25, -0.2) is 9.18 Å². The van der Waals surface area contributed by atoms with Crippen LogP contribution in [0, 0.1) is 5.82 Å². The highest BCUT2D eigenvalue weighted by atomic mass is 32.2. The van der Waals surface area contributed by atoms with E-state index in [0.717, 1.165) is 10.8 Å². The second-order valence-corrected chi connectivity index (χ2v) is 5.90. The van der Waals surface area contributed by atoms with E-state index in [0.29, 0.717) is 0 Å². The molecule has 1 aromatic rings. The zero-order valence-corrected chi connectivity index (χ0v) is 10.8. The maximum Gasteiger partial charge on any atom is 0.351 e. The summed E-state index contributed by atoms with van der Waals surface area (Å²) in [7, 11) is -4.48. The quantitative estimate of drug-likeness (QED) is 0.572. The van der Waals surface area contributed by atoms with Gasteiger partial charge < -0.3 is 15.6 Å². The molecule has 0 radical (unpaired) electrons. The van der Waals surface area contributed by atoms with Crippen LogP contribution in [0.5, 0.6) is 0 Å². The Balaban J connectivity index is 2.37. The van der Waals surface area contributed by atoms with E-state index in [2.05, 4.69) is 4.98 Å². The Bertz CT molecular complexity index is 675. The summed E-state index contributed by atoms with van der Waals surface area (Å²) in [5, 5.41) is 7.62. The first-order chi connectivity index (χ1) is 9.24. The molecule has 0 saturated carbocycles. The van der Waals surface area contributed by atoms with Crippen molar-refractivity contribution in [2.24, 2.45) is 0 Å². The van der Waals surface area contributed by atoms with Gasteiger partial charge >= 0.3 is 5.69 Å². The fraction of sp³-hybridized carbons (Fsp3) is 0.556. The van der Waals surface area contributed by atoms with Crippen molar-refractivity contribution in [3.63, 3.8) is 0 Å². The van der Waals surface area contributed by atoms with E-state index in [1.54, 1.807) is 0 Å². The molecule has 1 fully saturated rings. The largest absolute Gasteiger partial charge is 0.394 e. The second-order valence-electron chi connectivity index (χ2n) is 4.26. The van der Waals surface area contributed by atoms with E-state index >= 15 is 0 Å². The maximum absolute atomic E-state index is 13.3. The van der Waals surface area contributed by atoms with Crippen LogP contribution in [-0.4, -0.2) is 45.6 Å². The van der Waals surface area contributed by atoms with Crippen LogP contribution in [0.2, 0.25) is 0 Å². The molecule has 1 aliphatic rings. The number of ether oxygens (including phenoxy) is 1. The first-order valence-electron chi connectivity index (χ1n) is 5.50. The van der Waals surface area contributed by atoms with Crippen molar-refractivity contribution >= 4 is 15.9 Å². The summed E-state index contributed by atoms with van der Waals surface area (Å²) < 4.78 is 50.5. The molecule has 11 heteroatoms. The number of nitrogens with zero attached hydrogens (tertiary/aromatic N) is 2. The average Bonchev–Trinajstić information content (AvgIpc) is 2.77. The summed E-state index contributed by atoms with van der Waals surface area (Å²) in [6.07, 6.45) is -1.98. The molecule has 0 aromatic carbocycles. The van der Waals surface area contributed by atoms with Crippen molar-refractivity contribution in [3.8, 4) is 0 Å². The molecule has 20 heavy (non-hydrogen) atoms. The first kappa shape index (κ1) is 14.8. The minimum atomic E-state index is -4.48. The molecule has 1 aromatic heterocycles. The molecular formula is C9H12FN3O6S. The SMILES string of the molecule is Nc1nc(=O)n([C@H]2C[C@H](S(=O)(=O)O)[C@@H](CO)O2)cc1F. The van der Waals surface area contributed by atoms with Crippen molar-refractivity contribution in [1.29, 1.82) is 0 Å². The highest BCUT2D eigenvalue weighted by Crippen LogP contribution is 2.31. The number of hydrogen-bond acceptors (Lipinski definition) is 7. The Labute approximate surface area is 112 Å². The van der Waals surface area contributed by atoms with Gasteiger partial charge in [-0.15, -0.1) is 0 Å². The lowest BCUT2D eigenvalue weighted by atomic mass is 10.2. The molecule has 0 bridgehead atoms. The number of aliphatic hydroxyl groups excluding tert-OH is 1. The van der Waals surface area contributed by atoms with Gasteiger partial charge in [0.2, 0.25) is 0 Å². The van der Waals surface area contributed by atoms with Crippen LogP contribution in [0.3, 0.4) is 0 Å². The minimum absolute atomic E-state index is 0.324. The first-order valence-corrected chi connectivity index (χ1v) is 7.01. The molecular weight excluding hydrogens is 297 g/mol. The molecule has 2 rings (SSSR count). The molecule has 3 atom stereocenters. The summed E-state index contributed by atoms with van der Waals surface area (Å²) >= 11 is 0. The number of aliphatic hydroxyl groups is 1. The lowest BCUT2D eigenvalue weighted by Gasteiger charge is -2.14. The molecule has 0 aliphatic carbocycles. The van der Waals surface area contributed by atoms with Gasteiger partial charge in [-0.1, -0.05) is 0 Å². The third-order valence-electron chi connectivity index (χ3n) is 2.99. The van der Waals surface area contributed by atoms with Crippen molar-refractivity contribution in [3.05, 3.63) is 22.5 Å². The van der Waals surface area contributed by atoms with E-state index < -0.39 is 51.6 Å². The molecule has 0 unspecified atom stereocenters. The Kier molecular flexibility index (Phi) is 3.77. The van der Waals surface area contributed by atoms with Crippen LogP contribution >= 0.6 is 0 Å². The highest BCUT2D eigenvalue weighted by molar-refractivity contribution is 7.86. The van der Waals surface area contributed by atoms with E-state index in [4.69, 9.17) is 20.1 Å². The summed E-state index contributed by atoms with van der Waals surface area (Å²) in [6, 6.07) is 0. The molecule has 4 N–H and O–H groups in total. The van der Waals surface area contributed by atoms with Gasteiger partial charge in [-0.3, -0.25) is 9.12 Å². The van der Waals surface area contributed by atoms with E-state index in [1.807, 2.05) is 0 Å². The number of anilines is 1. The zero-order valence-electron chi connectivity index (χ0n) is 10.0. The van der Waals surface area contributed by atoms with Gasteiger partial charge in [-0.2, -0.15) is 13.4 Å². The van der Waals surface area contributed by atoms with Gasteiger partial charge in [0, 0.05) is 6.42 Å². The number of aromatic nitrogens is 2. The molecule has 1 saturated heterocycles. The molecule has 0 amide bonds. The molecule has 112 valence electrons. The van der Waals surface area contributed by atoms with Crippen LogP contribution in [0.4, 0.5) is 10.2 Å². The molecule has 2 heterocycles. The standard InChI is InChI=1S/C9H12FN3O6S/c10-4-2-13(9(15)12-8(4)11)7-1-6(20(16,17)18)5(3-14)19-7/h2,5-7,14H,1,3H2,(H2,11,12,15)(H,16,17,18)/t5-,6+,7-/m1/s1. The Morgan fingerprint density at radius 2 is 2.25 bits per heavy atom. The average molecular weight is 309 g/mol. The maximum atomic E-state index is 13.3. The van der Waals surface area contributed by atoms with Crippen LogP contribution in [0.25, 0.3) is 0 Å². The highest BCUT2D eigenvalue weighted by Gasteiger charge is 2.43. The normalized spacial score (nSPS) is 26.9. The van der Waals surface area contributed by atoms with Gasteiger partial charge in [0.1, 0.15) is 17.6 Å². The van der Waals surface area contributed by atoms with Crippen LogP contribution < -0.4 is 11.4 Å². The van der Waals surface area contributed by atoms with Crippen molar-refractivity contribution < 1.29 is 27.2 Å². The lowest BCUT2D eigenvalue weighted by Crippen LogP contribution is -2.32. The van der Waals surface area contributed by atoms with Gasteiger partial charge in [0.15, 0.2) is 11.6 Å². The number of halogens is 1. The van der Waals surface area contributed by atoms with Crippen LogP contribution in [0.15, 0.2) is 11.0 Å². The van der Waals surface area contributed by atoms with E-state index in [9.17, 15) is 17.6 Å². The Morgan fingerprint density at radius 1 is 1.60 bits per heavy atom. The molecule has 9 nitrogen and oxygen atoms in total. The summed E-state index contributed by atoms with van der Waals surface area (Å²) in [6.45, 7) is -0.680. The van der Waals surface area contributed by atoms with E-state index in [1.165, 1.54) is 0 Å². The third kappa shape index (κ3) is 2.65. The number of nitrogen functional groups attached to an aromatic ring is 1. The predicted octanol–water partition coefficient (Wildman–Crippen LogP) is -1.50. The summed E-state index contributed by atoms with van der Waals surface area (Å²) in [5.74, 6) is -1.56. The fourth-order valence-electron chi connectivity index (χ4n) is 2.01. The molecule has 1 aliphatic heterocycles. The number of hydrogen-bond donors (Lipinski definition) is 3. The van der Waals surface area contributed by atoms with Crippen molar-refractivity contribution in [2.45, 2.75) is 24.0 Å². The van der Waals surface area contributed by atoms with Gasteiger partial charge in [0.05, 0.1) is 12.8 Å².